The Morgan fingerprint density at radius 3 is 2.33 bits per heavy atom. The molecule has 0 spiro atoms. The normalized spacial score (nSPS) is 11.3. The summed E-state index contributed by atoms with van der Waals surface area (Å²) in [6.07, 6.45) is 0.472. The Morgan fingerprint density at radius 1 is 1.33 bits per heavy atom. The summed E-state index contributed by atoms with van der Waals surface area (Å²) in [5, 5.41) is 0. The molecule has 12 heavy (non-hydrogen) atoms. The average molecular weight is 174 g/mol. The molecule has 0 heterocycles. The number of esters is 1. The monoisotopic (exact) mass is 174 g/mol. The Bertz CT molecular complexity index is 143. The first-order valence-electron chi connectivity index (χ1n) is 4.49. The van der Waals surface area contributed by atoms with E-state index in [0.717, 1.165) is 17.6 Å². The highest BCUT2D eigenvalue weighted by Crippen LogP contribution is 1.95. The first-order valence-corrected chi connectivity index (χ1v) is 4.49. The second-order valence-electron chi connectivity index (χ2n) is 3.55. The summed E-state index contributed by atoms with van der Waals surface area (Å²) in [4.78, 5) is 10.8. The third-order valence-electron chi connectivity index (χ3n) is 2.10. The van der Waals surface area contributed by atoms with Gasteiger partial charge in [-0.05, 0) is 6.92 Å². The van der Waals surface area contributed by atoms with Crippen molar-refractivity contribution in [2.75, 3.05) is 33.8 Å². The number of likely N-dealkylation sites (N-methyl/N-ethyl adjacent to an activating group) is 1. The van der Waals surface area contributed by atoms with Crippen LogP contribution in [0.5, 0.6) is 0 Å². The van der Waals surface area contributed by atoms with E-state index in [2.05, 4.69) is 21.0 Å². The third-order valence-corrected chi connectivity index (χ3v) is 2.10. The van der Waals surface area contributed by atoms with Crippen LogP contribution < -0.4 is 0 Å². The maximum atomic E-state index is 10.8. The van der Waals surface area contributed by atoms with Gasteiger partial charge in [-0.1, -0.05) is 6.92 Å². The quantitative estimate of drug-likeness (QED) is 0.460. The van der Waals surface area contributed by atoms with Gasteiger partial charge in [0.1, 0.15) is 13.2 Å². The highest BCUT2D eigenvalue weighted by atomic mass is 16.5. The van der Waals surface area contributed by atoms with E-state index in [4.69, 9.17) is 4.74 Å². The lowest BCUT2D eigenvalue weighted by molar-refractivity contribution is -0.888. The van der Waals surface area contributed by atoms with Crippen molar-refractivity contribution in [3.8, 4) is 0 Å². The van der Waals surface area contributed by atoms with Crippen molar-refractivity contribution < 1.29 is 14.0 Å². The van der Waals surface area contributed by atoms with Crippen molar-refractivity contribution in [1.29, 1.82) is 0 Å². The molecule has 0 aliphatic carbocycles. The molecule has 0 aromatic rings. The molecule has 0 amide bonds. The molecule has 0 atom stereocenters. The molecule has 0 saturated carbocycles. The molecule has 0 unspecified atom stereocenters. The van der Waals surface area contributed by atoms with Crippen LogP contribution in [-0.4, -0.2) is 44.2 Å². The molecule has 0 aliphatic heterocycles. The lowest BCUT2D eigenvalue weighted by Gasteiger charge is -2.27. The fraction of sp³-hybridized carbons (Fsp3) is 0.889. The number of nitrogens with zero attached hydrogens (tertiary/aromatic N) is 1. The number of hydrogen-bond acceptors (Lipinski definition) is 2. The largest absolute Gasteiger partial charge is 0.460 e. The van der Waals surface area contributed by atoms with Crippen molar-refractivity contribution in [3.05, 3.63) is 0 Å². The molecule has 0 saturated heterocycles. The van der Waals surface area contributed by atoms with Crippen molar-refractivity contribution in [1.82, 2.24) is 0 Å². The predicted octanol–water partition coefficient (Wildman–Crippen LogP) is 1.04. The summed E-state index contributed by atoms with van der Waals surface area (Å²) in [6, 6.07) is 0. The molecule has 3 nitrogen and oxygen atoms in total. The molecule has 0 N–H and O–H groups in total. The number of quaternary nitrogens is 1. The highest BCUT2D eigenvalue weighted by molar-refractivity contribution is 5.68. The molecule has 3 heteroatoms. The Labute approximate surface area is 74.9 Å². The van der Waals surface area contributed by atoms with Crippen molar-refractivity contribution >= 4 is 5.97 Å². The average Bonchev–Trinajstić information content (AvgIpc) is 2.04. The van der Waals surface area contributed by atoms with E-state index in [9.17, 15) is 4.79 Å². The number of carbonyl (C=O) groups excluding carboxylic acids is 1. The van der Waals surface area contributed by atoms with Gasteiger partial charge in [0.05, 0.1) is 20.6 Å². The Morgan fingerprint density at radius 2 is 1.92 bits per heavy atom. The van der Waals surface area contributed by atoms with Gasteiger partial charge in [0, 0.05) is 6.42 Å². The van der Waals surface area contributed by atoms with Gasteiger partial charge in [0.2, 0.25) is 0 Å². The van der Waals surface area contributed by atoms with Gasteiger partial charge in [0.25, 0.3) is 0 Å². The molecular weight excluding hydrogens is 154 g/mol. The summed E-state index contributed by atoms with van der Waals surface area (Å²) >= 11 is 0. The van der Waals surface area contributed by atoms with E-state index in [1.54, 1.807) is 0 Å². The molecule has 0 aromatic carbocycles. The van der Waals surface area contributed by atoms with Crippen LogP contribution in [0.1, 0.15) is 20.3 Å². The zero-order valence-corrected chi connectivity index (χ0v) is 8.59. The van der Waals surface area contributed by atoms with E-state index in [1.807, 2.05) is 6.92 Å². The van der Waals surface area contributed by atoms with Crippen LogP contribution in [-0.2, 0) is 9.53 Å². The van der Waals surface area contributed by atoms with Crippen molar-refractivity contribution in [2.24, 2.45) is 0 Å². The van der Waals surface area contributed by atoms with Crippen LogP contribution in [0.15, 0.2) is 0 Å². The van der Waals surface area contributed by atoms with Crippen LogP contribution in [0.2, 0.25) is 0 Å². The van der Waals surface area contributed by atoms with E-state index in [0.29, 0.717) is 13.0 Å². The summed E-state index contributed by atoms with van der Waals surface area (Å²) < 4.78 is 5.87. The fourth-order valence-electron chi connectivity index (χ4n) is 0.667. The molecule has 0 rings (SSSR count). The summed E-state index contributed by atoms with van der Waals surface area (Å²) in [5.74, 6) is -0.105. The number of rotatable bonds is 5. The van der Waals surface area contributed by atoms with E-state index in [1.165, 1.54) is 0 Å². The first-order chi connectivity index (χ1) is 5.52. The van der Waals surface area contributed by atoms with Crippen LogP contribution in [0.25, 0.3) is 0 Å². The summed E-state index contributed by atoms with van der Waals surface area (Å²) in [5.41, 5.74) is 0. The lowest BCUT2D eigenvalue weighted by Crippen LogP contribution is -2.42. The molecule has 72 valence electrons. The number of hydrogen-bond donors (Lipinski definition) is 0. The van der Waals surface area contributed by atoms with Gasteiger partial charge in [0.15, 0.2) is 0 Å². The molecule has 0 aliphatic rings. The van der Waals surface area contributed by atoms with Gasteiger partial charge in [-0.15, -0.1) is 0 Å². The van der Waals surface area contributed by atoms with E-state index in [-0.39, 0.29) is 5.97 Å². The van der Waals surface area contributed by atoms with Crippen LogP contribution in [0.3, 0.4) is 0 Å². The highest BCUT2D eigenvalue weighted by Gasteiger charge is 2.11. The van der Waals surface area contributed by atoms with Gasteiger partial charge >= 0.3 is 5.97 Å². The van der Waals surface area contributed by atoms with Crippen LogP contribution in [0.4, 0.5) is 0 Å². The Kier molecular flexibility index (Phi) is 4.90. The van der Waals surface area contributed by atoms with Crippen LogP contribution in [0, 0.1) is 0 Å². The second kappa shape index (κ2) is 5.14. The predicted molar refractivity (Wildman–Crippen MR) is 48.8 cm³/mol. The zero-order valence-electron chi connectivity index (χ0n) is 8.59. The van der Waals surface area contributed by atoms with Crippen molar-refractivity contribution in [3.63, 3.8) is 0 Å². The summed E-state index contributed by atoms with van der Waals surface area (Å²) in [6.45, 7) is 6.42. The van der Waals surface area contributed by atoms with Gasteiger partial charge in [-0.2, -0.15) is 0 Å². The minimum atomic E-state index is -0.105. The van der Waals surface area contributed by atoms with E-state index < -0.39 is 0 Å². The molecule has 0 fully saturated rings. The van der Waals surface area contributed by atoms with Gasteiger partial charge in [-0.3, -0.25) is 4.79 Å². The lowest BCUT2D eigenvalue weighted by atomic mass is 10.4. The molecule has 0 bridgehead atoms. The number of ether oxygens (including phenoxy) is 1. The zero-order chi connectivity index (χ0) is 9.61. The first kappa shape index (κ1) is 11.4. The third kappa shape index (κ3) is 5.13. The maximum Gasteiger partial charge on any atom is 0.305 e. The van der Waals surface area contributed by atoms with Gasteiger partial charge < -0.3 is 9.22 Å². The minimum absolute atomic E-state index is 0.105. The van der Waals surface area contributed by atoms with Crippen LogP contribution >= 0.6 is 0 Å². The SMILES string of the molecule is CCC(=O)OCC[N+](C)(C)CC. The Hall–Kier alpha value is -0.570. The smallest absolute Gasteiger partial charge is 0.305 e. The van der Waals surface area contributed by atoms with Gasteiger partial charge in [-0.25, -0.2) is 0 Å². The van der Waals surface area contributed by atoms with Crippen molar-refractivity contribution in [2.45, 2.75) is 20.3 Å². The molecule has 0 radical (unpaired) electrons. The molecular formula is C9H20NO2+. The number of carbonyl (C=O) groups is 1. The standard InChI is InChI=1S/C9H20NO2/c1-5-9(11)12-8-7-10(3,4)6-2/h5-8H2,1-4H3/q+1. The maximum absolute atomic E-state index is 10.8. The minimum Gasteiger partial charge on any atom is -0.460 e. The molecule has 0 aromatic heterocycles. The Balaban J connectivity index is 3.49. The second-order valence-corrected chi connectivity index (χ2v) is 3.55. The summed E-state index contributed by atoms with van der Waals surface area (Å²) in [7, 11) is 4.25. The van der Waals surface area contributed by atoms with E-state index >= 15 is 0 Å². The topological polar surface area (TPSA) is 26.3 Å². The fourth-order valence-corrected chi connectivity index (χ4v) is 0.667.